The van der Waals surface area contributed by atoms with Crippen molar-refractivity contribution in [1.29, 1.82) is 0 Å². The smallest absolute Gasteiger partial charge is 0.292 e. The minimum absolute atomic E-state index is 0.112. The maximum Gasteiger partial charge on any atom is 0.292 e. The van der Waals surface area contributed by atoms with Gasteiger partial charge in [-0.3, -0.25) is 4.79 Å². The van der Waals surface area contributed by atoms with E-state index in [-0.39, 0.29) is 22.4 Å². The van der Waals surface area contributed by atoms with E-state index < -0.39 is 0 Å². The largest absolute Gasteiger partial charge is 0.382 e. The number of halogens is 2. The van der Waals surface area contributed by atoms with Gasteiger partial charge in [0, 0.05) is 30.6 Å². The fourth-order valence-corrected chi connectivity index (χ4v) is 4.26. The summed E-state index contributed by atoms with van der Waals surface area (Å²) in [4.78, 5) is 15.0. The number of rotatable bonds is 7. The Hall–Kier alpha value is -2.90. The molecule has 8 heteroatoms. The molecule has 1 saturated heterocycles. The molecule has 33 heavy (non-hydrogen) atoms. The molecule has 0 amide bonds. The van der Waals surface area contributed by atoms with Crippen LogP contribution in [0.25, 0.3) is 5.69 Å². The Labute approximate surface area is 197 Å². The van der Waals surface area contributed by atoms with Crippen molar-refractivity contribution in [2.45, 2.75) is 32.7 Å². The molecule has 1 fully saturated rings. The summed E-state index contributed by atoms with van der Waals surface area (Å²) in [5.41, 5.74) is 2.57. The lowest BCUT2D eigenvalue weighted by Crippen LogP contribution is -2.27. The van der Waals surface area contributed by atoms with Gasteiger partial charge in [-0.1, -0.05) is 11.6 Å². The number of hydrogen-bond donors (Lipinski definition) is 1. The molecule has 3 aromatic rings. The summed E-state index contributed by atoms with van der Waals surface area (Å²) in [6, 6.07) is 14.0. The molecule has 174 valence electrons. The van der Waals surface area contributed by atoms with Crippen LogP contribution in [-0.4, -0.2) is 35.6 Å². The van der Waals surface area contributed by atoms with Crippen LogP contribution in [0.4, 0.5) is 21.5 Å². The van der Waals surface area contributed by atoms with Crippen molar-refractivity contribution >= 4 is 28.7 Å². The summed E-state index contributed by atoms with van der Waals surface area (Å²) in [6.45, 7) is 6.34. The van der Waals surface area contributed by atoms with Crippen LogP contribution >= 0.6 is 11.6 Å². The minimum Gasteiger partial charge on any atom is -0.382 e. The van der Waals surface area contributed by atoms with E-state index in [1.807, 2.05) is 24.3 Å². The average molecular weight is 471 g/mol. The molecule has 0 bridgehead atoms. The first-order valence-electron chi connectivity index (χ1n) is 11.2. The second-order valence-corrected chi connectivity index (χ2v) is 8.89. The Morgan fingerprint density at radius 3 is 2.45 bits per heavy atom. The van der Waals surface area contributed by atoms with Crippen molar-refractivity contribution in [3.8, 4) is 5.69 Å². The van der Waals surface area contributed by atoms with Crippen LogP contribution in [-0.2, 0) is 4.74 Å². The minimum atomic E-state index is -0.381. The topological polar surface area (TPSA) is 59.4 Å². The highest BCUT2D eigenvalue weighted by Gasteiger charge is 2.17. The maximum absolute atomic E-state index is 13.4. The van der Waals surface area contributed by atoms with Crippen molar-refractivity contribution < 1.29 is 9.13 Å². The van der Waals surface area contributed by atoms with Gasteiger partial charge in [0.25, 0.3) is 5.56 Å². The van der Waals surface area contributed by atoms with Crippen LogP contribution in [0.5, 0.6) is 0 Å². The molecule has 6 nitrogen and oxygen atoms in total. The first-order chi connectivity index (χ1) is 15.9. The fourth-order valence-electron chi connectivity index (χ4n) is 4.06. The third kappa shape index (κ3) is 5.37. The molecule has 0 unspecified atom stereocenters. The average Bonchev–Trinajstić information content (AvgIpc) is 2.82. The molecule has 1 aliphatic rings. The number of anilines is 3. The van der Waals surface area contributed by atoms with Gasteiger partial charge in [0.15, 0.2) is 0 Å². The second kappa shape index (κ2) is 10.4. The number of aromatic nitrogens is 2. The highest BCUT2D eigenvalue weighted by Crippen LogP contribution is 2.29. The van der Waals surface area contributed by atoms with Crippen LogP contribution in [0, 0.1) is 11.7 Å². The molecule has 2 aromatic carbocycles. The highest BCUT2D eigenvalue weighted by molar-refractivity contribution is 6.32. The van der Waals surface area contributed by atoms with Gasteiger partial charge in [-0.2, -0.15) is 9.78 Å². The summed E-state index contributed by atoms with van der Waals surface area (Å²) >= 11 is 6.38. The van der Waals surface area contributed by atoms with E-state index in [9.17, 15) is 9.18 Å². The first-order valence-corrected chi connectivity index (χ1v) is 11.6. The molecule has 1 aliphatic heterocycles. The Bertz CT molecular complexity index is 1130. The van der Waals surface area contributed by atoms with Crippen LogP contribution < -0.4 is 15.8 Å². The lowest BCUT2D eigenvalue weighted by molar-refractivity contribution is 0.0595. The lowest BCUT2D eigenvalue weighted by atomic mass is 10.0. The Kier molecular flexibility index (Phi) is 7.30. The van der Waals surface area contributed by atoms with Gasteiger partial charge < -0.3 is 15.0 Å². The summed E-state index contributed by atoms with van der Waals surface area (Å²) in [5, 5.41) is 7.67. The summed E-state index contributed by atoms with van der Waals surface area (Å²) < 4.78 is 20.1. The Morgan fingerprint density at radius 1 is 1.18 bits per heavy atom. The molecular formula is C25H28ClFN4O2. The zero-order valence-electron chi connectivity index (χ0n) is 18.8. The number of hydrogen-bond acceptors (Lipinski definition) is 5. The molecule has 1 aromatic heterocycles. The van der Waals surface area contributed by atoms with E-state index in [1.165, 1.54) is 16.8 Å². The standard InChI is InChI=1S/C25H28ClFN4O2/c1-17(2)30(20-7-5-19(27)6-8-20)21-9-11-22(12-10-21)31-25(32)24(26)23(15-29-31)28-14-18-4-3-13-33-16-18/h5-12,15,17-18,28H,3-4,13-14,16H2,1-2H3/t18-/m1/s1. The monoisotopic (exact) mass is 470 g/mol. The van der Waals surface area contributed by atoms with E-state index in [1.54, 1.807) is 18.3 Å². The van der Waals surface area contributed by atoms with Gasteiger partial charge in [0.1, 0.15) is 10.8 Å². The molecule has 2 heterocycles. The zero-order chi connectivity index (χ0) is 23.4. The van der Waals surface area contributed by atoms with Crippen molar-refractivity contribution in [3.63, 3.8) is 0 Å². The van der Waals surface area contributed by atoms with Crippen LogP contribution in [0.3, 0.4) is 0 Å². The van der Waals surface area contributed by atoms with Gasteiger partial charge >= 0.3 is 0 Å². The van der Waals surface area contributed by atoms with E-state index in [4.69, 9.17) is 16.3 Å². The summed E-state index contributed by atoms with van der Waals surface area (Å²) in [7, 11) is 0. The molecule has 4 rings (SSSR count). The van der Waals surface area contributed by atoms with Crippen molar-refractivity contribution in [1.82, 2.24) is 9.78 Å². The van der Waals surface area contributed by atoms with Gasteiger partial charge in [0.05, 0.1) is 24.2 Å². The first kappa shape index (κ1) is 23.3. The van der Waals surface area contributed by atoms with Crippen LogP contribution in [0.1, 0.15) is 26.7 Å². The summed E-state index contributed by atoms with van der Waals surface area (Å²) in [6.07, 6.45) is 3.72. The molecule has 1 N–H and O–H groups in total. The van der Waals surface area contributed by atoms with Gasteiger partial charge in [0.2, 0.25) is 0 Å². The molecule has 0 saturated carbocycles. The van der Waals surface area contributed by atoms with E-state index in [2.05, 4.69) is 29.2 Å². The Morgan fingerprint density at radius 2 is 1.85 bits per heavy atom. The quantitative estimate of drug-likeness (QED) is 0.500. The fraction of sp³-hybridized carbons (Fsp3) is 0.360. The Balaban J connectivity index is 1.53. The van der Waals surface area contributed by atoms with Crippen LogP contribution in [0.2, 0.25) is 5.02 Å². The number of benzene rings is 2. The van der Waals surface area contributed by atoms with E-state index in [0.717, 1.165) is 30.8 Å². The van der Waals surface area contributed by atoms with Gasteiger partial charge in [-0.15, -0.1) is 0 Å². The van der Waals surface area contributed by atoms with Crippen molar-refractivity contribution in [2.75, 3.05) is 30.0 Å². The molecular weight excluding hydrogens is 443 g/mol. The summed E-state index contributed by atoms with van der Waals surface area (Å²) in [5.74, 6) is 0.125. The van der Waals surface area contributed by atoms with Crippen LogP contribution in [0.15, 0.2) is 59.5 Å². The van der Waals surface area contributed by atoms with Crippen molar-refractivity contribution in [3.05, 3.63) is 75.9 Å². The molecule has 0 radical (unpaired) electrons. The zero-order valence-corrected chi connectivity index (χ0v) is 19.6. The maximum atomic E-state index is 13.4. The molecule has 1 atom stereocenters. The second-order valence-electron chi connectivity index (χ2n) is 8.51. The normalized spacial score (nSPS) is 16.1. The molecule has 0 aliphatic carbocycles. The number of nitrogens with one attached hydrogen (secondary N) is 1. The SMILES string of the molecule is CC(C)N(c1ccc(F)cc1)c1ccc(-n2ncc(NC[C@H]3CCCOC3)c(Cl)c2=O)cc1. The lowest BCUT2D eigenvalue weighted by Gasteiger charge is -2.29. The van der Waals surface area contributed by atoms with E-state index >= 15 is 0 Å². The predicted molar refractivity (Wildman–Crippen MR) is 131 cm³/mol. The number of nitrogens with zero attached hydrogens (tertiary/aromatic N) is 3. The number of ether oxygens (including phenoxy) is 1. The predicted octanol–water partition coefficient (Wildman–Crippen LogP) is 5.41. The third-order valence-corrected chi connectivity index (χ3v) is 6.11. The van der Waals surface area contributed by atoms with Crippen molar-refractivity contribution in [2.24, 2.45) is 5.92 Å². The third-order valence-electron chi connectivity index (χ3n) is 5.75. The highest BCUT2D eigenvalue weighted by atomic mass is 35.5. The van der Waals surface area contributed by atoms with Gasteiger partial charge in [-0.25, -0.2) is 4.39 Å². The van der Waals surface area contributed by atoms with Gasteiger partial charge in [-0.05, 0) is 81.1 Å². The van der Waals surface area contributed by atoms with E-state index in [0.29, 0.717) is 30.4 Å². The molecule has 0 spiro atoms.